The Balaban J connectivity index is 1.68. The molecule has 0 saturated carbocycles. The van der Waals surface area contributed by atoms with Gasteiger partial charge >= 0.3 is 0 Å². The van der Waals surface area contributed by atoms with E-state index in [0.717, 1.165) is 0 Å². The Morgan fingerprint density at radius 3 is 1.65 bits per heavy atom. The fraction of sp³-hybridized carbons (Fsp3) is 0.900. The summed E-state index contributed by atoms with van der Waals surface area (Å²) in [5.74, 6) is 0. The molecule has 0 amide bonds. The minimum atomic E-state index is 1.35. The predicted octanol–water partition coefficient (Wildman–Crippen LogP) is 7.58. The molecule has 1 aliphatic carbocycles. The average Bonchev–Trinajstić information content (AvgIpc) is 2.97. The number of unbranched alkanes of at least 4 members (excludes halogenated alkanes) is 12. The summed E-state index contributed by atoms with van der Waals surface area (Å²) in [7, 11) is 0. The highest BCUT2D eigenvalue weighted by atomic mass is 14.1. The number of rotatable bonds is 14. The van der Waals surface area contributed by atoms with E-state index in [2.05, 4.69) is 13.0 Å². The molecule has 0 heterocycles. The van der Waals surface area contributed by atoms with E-state index in [9.17, 15) is 0 Å². The third-order valence-electron chi connectivity index (χ3n) is 4.74. The third kappa shape index (κ3) is 10.5. The molecule has 0 unspecified atom stereocenters. The largest absolute Gasteiger partial charge is 0.0853 e. The van der Waals surface area contributed by atoms with Crippen molar-refractivity contribution in [3.63, 3.8) is 0 Å². The Morgan fingerprint density at radius 2 is 1.20 bits per heavy atom. The van der Waals surface area contributed by atoms with Crippen LogP contribution in [-0.4, -0.2) is 0 Å². The Bertz CT molecular complexity index is 226. The first kappa shape index (κ1) is 17.8. The molecule has 0 spiro atoms. The van der Waals surface area contributed by atoms with Crippen molar-refractivity contribution in [1.82, 2.24) is 0 Å². The zero-order chi connectivity index (χ0) is 14.3. The lowest BCUT2D eigenvalue weighted by atomic mass is 10.0. The van der Waals surface area contributed by atoms with E-state index in [1.54, 1.807) is 5.57 Å². The van der Waals surface area contributed by atoms with Gasteiger partial charge in [0.15, 0.2) is 0 Å². The van der Waals surface area contributed by atoms with Crippen LogP contribution in [0.2, 0.25) is 0 Å². The molecule has 0 fully saturated rings. The summed E-state index contributed by atoms with van der Waals surface area (Å²) in [4.78, 5) is 0. The Kier molecular flexibility index (Phi) is 12.2. The second kappa shape index (κ2) is 13.7. The van der Waals surface area contributed by atoms with Gasteiger partial charge in [0.05, 0.1) is 0 Å². The topological polar surface area (TPSA) is 0 Å². The number of hydrogen-bond donors (Lipinski definition) is 0. The quantitative estimate of drug-likeness (QED) is 0.227. The monoisotopic (exact) mass is 278 g/mol. The standard InChI is InChI=1S/C20H38/c1-2-3-4-5-6-7-8-9-10-11-12-13-14-17-20-18-15-16-19-20/h18H,2-17,19H2,1H3. The molecule has 0 aliphatic heterocycles. The molecule has 1 rings (SSSR count). The molecule has 0 atom stereocenters. The zero-order valence-corrected chi connectivity index (χ0v) is 14.1. The molecule has 0 N–H and O–H groups in total. The van der Waals surface area contributed by atoms with Crippen molar-refractivity contribution in [1.29, 1.82) is 0 Å². The van der Waals surface area contributed by atoms with E-state index >= 15 is 0 Å². The zero-order valence-electron chi connectivity index (χ0n) is 14.1. The smallest absolute Gasteiger partial charge is 0.0317 e. The van der Waals surface area contributed by atoms with E-state index in [1.165, 1.54) is 109 Å². The molecule has 0 heteroatoms. The van der Waals surface area contributed by atoms with Crippen molar-refractivity contribution in [3.8, 4) is 0 Å². The van der Waals surface area contributed by atoms with Gasteiger partial charge < -0.3 is 0 Å². The predicted molar refractivity (Wildman–Crippen MR) is 92.2 cm³/mol. The number of allylic oxidation sites excluding steroid dienone is 2. The molecule has 0 aromatic carbocycles. The second-order valence-corrected chi connectivity index (χ2v) is 6.75. The molecule has 0 bridgehead atoms. The lowest BCUT2D eigenvalue weighted by Crippen LogP contribution is -1.84. The van der Waals surface area contributed by atoms with Gasteiger partial charge in [0, 0.05) is 0 Å². The maximum Gasteiger partial charge on any atom is -0.0317 e. The van der Waals surface area contributed by atoms with Crippen LogP contribution >= 0.6 is 0 Å². The van der Waals surface area contributed by atoms with Gasteiger partial charge in [-0.2, -0.15) is 0 Å². The van der Waals surface area contributed by atoms with Gasteiger partial charge in [-0.1, -0.05) is 95.6 Å². The third-order valence-corrected chi connectivity index (χ3v) is 4.74. The van der Waals surface area contributed by atoms with Crippen LogP contribution in [0.25, 0.3) is 0 Å². The molecular formula is C20H38. The highest BCUT2D eigenvalue weighted by molar-refractivity contribution is 5.06. The average molecular weight is 279 g/mol. The van der Waals surface area contributed by atoms with Crippen molar-refractivity contribution < 1.29 is 0 Å². The molecule has 1 aliphatic rings. The molecule has 118 valence electrons. The summed E-state index contributed by atoms with van der Waals surface area (Å²) in [6, 6.07) is 0. The van der Waals surface area contributed by atoms with E-state index in [0.29, 0.717) is 0 Å². The Hall–Kier alpha value is -0.260. The van der Waals surface area contributed by atoms with Gasteiger partial charge in [-0.05, 0) is 32.1 Å². The first-order valence-corrected chi connectivity index (χ1v) is 9.61. The van der Waals surface area contributed by atoms with Crippen LogP contribution < -0.4 is 0 Å². The first-order valence-electron chi connectivity index (χ1n) is 9.61. The fourth-order valence-electron chi connectivity index (χ4n) is 3.33. The van der Waals surface area contributed by atoms with Gasteiger partial charge in [0.25, 0.3) is 0 Å². The normalized spacial score (nSPS) is 14.8. The van der Waals surface area contributed by atoms with Crippen molar-refractivity contribution in [3.05, 3.63) is 11.6 Å². The summed E-state index contributed by atoms with van der Waals surface area (Å²) in [6.07, 6.45) is 27.1. The first-order chi connectivity index (χ1) is 9.93. The van der Waals surface area contributed by atoms with Crippen LogP contribution in [0.3, 0.4) is 0 Å². The molecular weight excluding hydrogens is 240 g/mol. The van der Waals surface area contributed by atoms with Crippen LogP contribution in [0.15, 0.2) is 11.6 Å². The number of hydrogen-bond acceptors (Lipinski definition) is 0. The second-order valence-electron chi connectivity index (χ2n) is 6.75. The Labute approximate surface area is 128 Å². The lowest BCUT2D eigenvalue weighted by Gasteiger charge is -2.04. The van der Waals surface area contributed by atoms with E-state index < -0.39 is 0 Å². The minimum absolute atomic E-state index is 1.35. The summed E-state index contributed by atoms with van der Waals surface area (Å²) >= 11 is 0. The highest BCUT2D eigenvalue weighted by Crippen LogP contribution is 2.23. The summed E-state index contributed by atoms with van der Waals surface area (Å²) in [5.41, 5.74) is 1.76. The Morgan fingerprint density at radius 1 is 0.700 bits per heavy atom. The van der Waals surface area contributed by atoms with Gasteiger partial charge in [-0.3, -0.25) is 0 Å². The van der Waals surface area contributed by atoms with Gasteiger partial charge in [0.1, 0.15) is 0 Å². The van der Waals surface area contributed by atoms with Crippen LogP contribution in [0.4, 0.5) is 0 Å². The maximum atomic E-state index is 2.49. The van der Waals surface area contributed by atoms with Crippen LogP contribution in [0.5, 0.6) is 0 Å². The van der Waals surface area contributed by atoms with Crippen molar-refractivity contribution >= 4 is 0 Å². The van der Waals surface area contributed by atoms with Gasteiger partial charge in [-0.25, -0.2) is 0 Å². The fourth-order valence-corrected chi connectivity index (χ4v) is 3.33. The SMILES string of the molecule is CCCCCCCCCCCCCCCC1=CCCC1. The van der Waals surface area contributed by atoms with Crippen LogP contribution in [0.1, 0.15) is 116 Å². The summed E-state index contributed by atoms with van der Waals surface area (Å²) in [6.45, 7) is 2.30. The van der Waals surface area contributed by atoms with E-state index in [-0.39, 0.29) is 0 Å². The van der Waals surface area contributed by atoms with E-state index in [4.69, 9.17) is 0 Å². The van der Waals surface area contributed by atoms with Crippen LogP contribution in [-0.2, 0) is 0 Å². The van der Waals surface area contributed by atoms with Crippen molar-refractivity contribution in [2.24, 2.45) is 0 Å². The van der Waals surface area contributed by atoms with Crippen molar-refractivity contribution in [2.45, 2.75) is 116 Å². The van der Waals surface area contributed by atoms with Gasteiger partial charge in [0.2, 0.25) is 0 Å². The maximum absolute atomic E-state index is 2.49. The van der Waals surface area contributed by atoms with Crippen LogP contribution in [0, 0.1) is 0 Å². The summed E-state index contributed by atoms with van der Waals surface area (Å²) in [5, 5.41) is 0. The molecule has 0 radical (unpaired) electrons. The molecule has 0 saturated heterocycles. The lowest BCUT2D eigenvalue weighted by molar-refractivity contribution is 0.539. The minimum Gasteiger partial charge on any atom is -0.0853 e. The molecule has 0 aromatic rings. The van der Waals surface area contributed by atoms with Gasteiger partial charge in [-0.15, -0.1) is 0 Å². The summed E-state index contributed by atoms with van der Waals surface area (Å²) < 4.78 is 0. The highest BCUT2D eigenvalue weighted by Gasteiger charge is 2.03. The van der Waals surface area contributed by atoms with Crippen molar-refractivity contribution in [2.75, 3.05) is 0 Å². The molecule has 0 aromatic heterocycles. The molecule has 20 heavy (non-hydrogen) atoms. The molecule has 0 nitrogen and oxygen atoms in total. The van der Waals surface area contributed by atoms with E-state index in [1.807, 2.05) is 0 Å².